The highest BCUT2D eigenvalue weighted by Crippen LogP contribution is 2.04. The first-order valence-corrected chi connectivity index (χ1v) is 5.78. The molecule has 2 N–H and O–H groups in total. The monoisotopic (exact) mass is 233 g/mol. The summed E-state index contributed by atoms with van der Waals surface area (Å²) in [6.45, 7) is 3.98. The molecule has 0 heterocycles. The van der Waals surface area contributed by atoms with Gasteiger partial charge >= 0.3 is 0 Å². The number of aliphatic hydroxyl groups is 1. The molecule has 1 aromatic rings. The van der Waals surface area contributed by atoms with Crippen molar-refractivity contribution in [3.05, 3.63) is 41.5 Å². The van der Waals surface area contributed by atoms with E-state index in [0.717, 1.165) is 5.56 Å². The lowest BCUT2D eigenvalue weighted by Gasteiger charge is -2.09. The van der Waals surface area contributed by atoms with Crippen LogP contribution in [0.2, 0.25) is 0 Å². The molecule has 1 rings (SSSR count). The number of benzene rings is 1. The SMILES string of the molecule is Cc1ccc(/C=C/C(=O)NC(C)CCO)cc1. The predicted molar refractivity (Wildman–Crippen MR) is 69.5 cm³/mol. The van der Waals surface area contributed by atoms with Crippen LogP contribution in [-0.2, 0) is 4.79 Å². The van der Waals surface area contributed by atoms with Gasteiger partial charge in [0.2, 0.25) is 5.91 Å². The third kappa shape index (κ3) is 5.31. The maximum Gasteiger partial charge on any atom is 0.244 e. The molecule has 1 aromatic carbocycles. The van der Waals surface area contributed by atoms with Gasteiger partial charge in [0.25, 0.3) is 0 Å². The molecule has 0 radical (unpaired) electrons. The summed E-state index contributed by atoms with van der Waals surface area (Å²) in [6.07, 6.45) is 3.86. The second kappa shape index (κ2) is 6.86. The molecule has 3 heteroatoms. The van der Waals surface area contributed by atoms with Crippen LogP contribution in [-0.4, -0.2) is 23.7 Å². The predicted octanol–water partition coefficient (Wildman–Crippen LogP) is 1.90. The Bertz CT molecular complexity index is 382. The Labute approximate surface area is 102 Å². The average molecular weight is 233 g/mol. The summed E-state index contributed by atoms with van der Waals surface area (Å²) in [5.74, 6) is -0.133. The molecule has 17 heavy (non-hydrogen) atoms. The summed E-state index contributed by atoms with van der Waals surface area (Å²) < 4.78 is 0. The second-order valence-electron chi connectivity index (χ2n) is 4.17. The van der Waals surface area contributed by atoms with Gasteiger partial charge in [-0.2, -0.15) is 0 Å². The molecular formula is C14H19NO2. The van der Waals surface area contributed by atoms with E-state index in [0.29, 0.717) is 6.42 Å². The number of carbonyl (C=O) groups is 1. The van der Waals surface area contributed by atoms with Gasteiger partial charge in [0.05, 0.1) is 0 Å². The van der Waals surface area contributed by atoms with E-state index < -0.39 is 0 Å². The van der Waals surface area contributed by atoms with Gasteiger partial charge in [-0.3, -0.25) is 4.79 Å². The molecule has 3 nitrogen and oxygen atoms in total. The van der Waals surface area contributed by atoms with Crippen molar-refractivity contribution in [2.24, 2.45) is 0 Å². The van der Waals surface area contributed by atoms with Crippen molar-refractivity contribution in [1.82, 2.24) is 5.32 Å². The molecule has 0 aliphatic rings. The van der Waals surface area contributed by atoms with Gasteiger partial charge in [-0.25, -0.2) is 0 Å². The Morgan fingerprint density at radius 3 is 2.65 bits per heavy atom. The largest absolute Gasteiger partial charge is 0.396 e. The van der Waals surface area contributed by atoms with Crippen molar-refractivity contribution in [2.75, 3.05) is 6.61 Å². The maximum atomic E-state index is 11.5. The van der Waals surface area contributed by atoms with E-state index in [4.69, 9.17) is 5.11 Å². The molecule has 0 aliphatic carbocycles. The zero-order chi connectivity index (χ0) is 12.7. The van der Waals surface area contributed by atoms with Gasteiger partial charge in [0, 0.05) is 18.7 Å². The third-order valence-electron chi connectivity index (χ3n) is 2.46. The lowest BCUT2D eigenvalue weighted by molar-refractivity contribution is -0.117. The topological polar surface area (TPSA) is 49.3 Å². The highest BCUT2D eigenvalue weighted by molar-refractivity contribution is 5.91. The fourth-order valence-corrected chi connectivity index (χ4v) is 1.41. The van der Waals surface area contributed by atoms with Crippen molar-refractivity contribution in [2.45, 2.75) is 26.3 Å². The first-order chi connectivity index (χ1) is 8.11. The summed E-state index contributed by atoms with van der Waals surface area (Å²) in [6, 6.07) is 7.94. The standard InChI is InChI=1S/C14H19NO2/c1-11-3-5-13(6-4-11)7-8-14(17)15-12(2)9-10-16/h3-8,12,16H,9-10H2,1-2H3,(H,15,17)/b8-7+. The summed E-state index contributed by atoms with van der Waals surface area (Å²) in [7, 11) is 0. The van der Waals surface area contributed by atoms with E-state index >= 15 is 0 Å². The highest BCUT2D eigenvalue weighted by Gasteiger charge is 2.02. The zero-order valence-electron chi connectivity index (χ0n) is 10.3. The third-order valence-corrected chi connectivity index (χ3v) is 2.46. The molecule has 1 unspecified atom stereocenters. The van der Waals surface area contributed by atoms with Crippen molar-refractivity contribution >= 4 is 12.0 Å². The van der Waals surface area contributed by atoms with Crippen molar-refractivity contribution < 1.29 is 9.90 Å². The Morgan fingerprint density at radius 2 is 2.06 bits per heavy atom. The Kier molecular flexibility index (Phi) is 5.43. The van der Waals surface area contributed by atoms with Crippen molar-refractivity contribution in [3.8, 4) is 0 Å². The van der Waals surface area contributed by atoms with E-state index in [-0.39, 0.29) is 18.6 Å². The van der Waals surface area contributed by atoms with Crippen LogP contribution in [0.15, 0.2) is 30.3 Å². The summed E-state index contributed by atoms with van der Waals surface area (Å²) in [5, 5.41) is 11.5. The van der Waals surface area contributed by atoms with Crippen LogP contribution in [0.4, 0.5) is 0 Å². The number of nitrogens with one attached hydrogen (secondary N) is 1. The lowest BCUT2D eigenvalue weighted by Crippen LogP contribution is -2.31. The second-order valence-corrected chi connectivity index (χ2v) is 4.17. The number of carbonyl (C=O) groups excluding carboxylic acids is 1. The van der Waals surface area contributed by atoms with E-state index in [2.05, 4.69) is 5.32 Å². The molecule has 1 atom stereocenters. The van der Waals surface area contributed by atoms with Gasteiger partial charge in [-0.15, -0.1) is 0 Å². The zero-order valence-corrected chi connectivity index (χ0v) is 10.3. The maximum absolute atomic E-state index is 11.5. The smallest absolute Gasteiger partial charge is 0.244 e. The van der Waals surface area contributed by atoms with E-state index in [1.807, 2.05) is 38.1 Å². The fraction of sp³-hybridized carbons (Fsp3) is 0.357. The average Bonchev–Trinajstić information content (AvgIpc) is 2.28. The Hall–Kier alpha value is -1.61. The van der Waals surface area contributed by atoms with Crippen LogP contribution < -0.4 is 5.32 Å². The van der Waals surface area contributed by atoms with Gasteiger partial charge in [-0.05, 0) is 31.9 Å². The van der Waals surface area contributed by atoms with Crippen LogP contribution in [0.5, 0.6) is 0 Å². The van der Waals surface area contributed by atoms with E-state index in [1.165, 1.54) is 11.6 Å². The minimum Gasteiger partial charge on any atom is -0.396 e. The minimum atomic E-state index is -0.133. The molecule has 0 fully saturated rings. The first-order valence-electron chi connectivity index (χ1n) is 5.78. The summed E-state index contributed by atoms with van der Waals surface area (Å²) in [5.41, 5.74) is 2.20. The van der Waals surface area contributed by atoms with Crippen LogP contribution in [0.1, 0.15) is 24.5 Å². The number of aliphatic hydroxyl groups excluding tert-OH is 1. The van der Waals surface area contributed by atoms with Crippen LogP contribution in [0, 0.1) is 6.92 Å². The number of rotatable bonds is 5. The van der Waals surface area contributed by atoms with Crippen LogP contribution in [0.25, 0.3) is 6.08 Å². The fourth-order valence-electron chi connectivity index (χ4n) is 1.41. The highest BCUT2D eigenvalue weighted by atomic mass is 16.3. The number of aryl methyl sites for hydroxylation is 1. The van der Waals surface area contributed by atoms with Crippen LogP contribution in [0.3, 0.4) is 0 Å². The molecule has 0 aliphatic heterocycles. The van der Waals surface area contributed by atoms with Crippen molar-refractivity contribution in [3.63, 3.8) is 0 Å². The number of amides is 1. The van der Waals surface area contributed by atoms with Gasteiger partial charge < -0.3 is 10.4 Å². The molecule has 92 valence electrons. The van der Waals surface area contributed by atoms with Gasteiger partial charge in [-0.1, -0.05) is 29.8 Å². The first kappa shape index (κ1) is 13.5. The normalized spacial score (nSPS) is 12.6. The molecule has 0 spiro atoms. The molecule has 0 saturated carbocycles. The molecule has 0 saturated heterocycles. The summed E-state index contributed by atoms with van der Waals surface area (Å²) in [4.78, 5) is 11.5. The molecule has 0 aromatic heterocycles. The van der Waals surface area contributed by atoms with E-state index in [9.17, 15) is 4.79 Å². The van der Waals surface area contributed by atoms with Gasteiger partial charge in [0.1, 0.15) is 0 Å². The van der Waals surface area contributed by atoms with Crippen LogP contribution >= 0.6 is 0 Å². The number of hydrogen-bond donors (Lipinski definition) is 2. The molecule has 1 amide bonds. The van der Waals surface area contributed by atoms with E-state index in [1.54, 1.807) is 6.08 Å². The summed E-state index contributed by atoms with van der Waals surface area (Å²) >= 11 is 0. The van der Waals surface area contributed by atoms with Crippen molar-refractivity contribution in [1.29, 1.82) is 0 Å². The van der Waals surface area contributed by atoms with Gasteiger partial charge in [0.15, 0.2) is 0 Å². The minimum absolute atomic E-state index is 0.00447. The quantitative estimate of drug-likeness (QED) is 0.763. The molecular weight excluding hydrogens is 214 g/mol. The molecule has 0 bridgehead atoms. The Morgan fingerprint density at radius 1 is 1.41 bits per heavy atom. The number of hydrogen-bond acceptors (Lipinski definition) is 2. The Balaban J connectivity index is 2.47. The lowest BCUT2D eigenvalue weighted by atomic mass is 10.1.